The monoisotopic (exact) mass is 391 g/mol. The number of rotatable bonds is 6. The van der Waals surface area contributed by atoms with Gasteiger partial charge >= 0.3 is 5.97 Å². The van der Waals surface area contributed by atoms with E-state index in [1.807, 2.05) is 6.07 Å². The van der Waals surface area contributed by atoms with E-state index in [1.54, 1.807) is 45.3 Å². The highest BCUT2D eigenvalue weighted by Gasteiger charge is 2.70. The maximum Gasteiger partial charge on any atom is 0.368 e. The molecule has 0 unspecified atom stereocenters. The van der Waals surface area contributed by atoms with Gasteiger partial charge in [-0.2, -0.15) is 0 Å². The van der Waals surface area contributed by atoms with E-state index in [9.17, 15) is 14.4 Å². The second kappa shape index (κ2) is 7.43. The van der Waals surface area contributed by atoms with Crippen LogP contribution in [0.5, 0.6) is 11.5 Å². The molecular formula is C20H27N2O6+. The summed E-state index contributed by atoms with van der Waals surface area (Å²) < 4.78 is 15.9. The highest BCUT2D eigenvalue weighted by Crippen LogP contribution is 2.45. The molecule has 2 aliphatic rings. The Labute approximate surface area is 164 Å². The first-order valence-corrected chi connectivity index (χ1v) is 9.44. The summed E-state index contributed by atoms with van der Waals surface area (Å²) in [6.07, 6.45) is 0. The molecule has 0 aliphatic carbocycles. The number of likely N-dealkylation sites (tertiary alicyclic amines) is 1. The Morgan fingerprint density at radius 1 is 1.14 bits per heavy atom. The van der Waals surface area contributed by atoms with Crippen LogP contribution in [0.25, 0.3) is 0 Å². The Bertz CT molecular complexity index is 810. The lowest BCUT2D eigenvalue weighted by molar-refractivity contribution is -0.731. The Morgan fingerprint density at radius 2 is 1.82 bits per heavy atom. The standard InChI is InChI=1S/C20H26N2O6/c1-6-22-17(23)14-15(18(22)24)20(3,19(25)28-7-2)21-16(14)11-8-9-12(26-4)13(10-11)27-5/h8-10,14-16,21H,6-7H2,1-5H3/p+1/t14-,15-,16-,20+/m0/s1. The van der Waals surface area contributed by atoms with Crippen molar-refractivity contribution in [1.29, 1.82) is 0 Å². The van der Waals surface area contributed by atoms with Crippen LogP contribution in [-0.4, -0.2) is 55.6 Å². The number of fused-ring (bicyclic) bond motifs is 1. The van der Waals surface area contributed by atoms with Gasteiger partial charge in [-0.1, -0.05) is 0 Å². The largest absolute Gasteiger partial charge is 0.493 e. The molecule has 0 spiro atoms. The van der Waals surface area contributed by atoms with Crippen molar-refractivity contribution < 1.29 is 33.9 Å². The highest BCUT2D eigenvalue weighted by molar-refractivity contribution is 6.08. The first kappa shape index (κ1) is 20.1. The van der Waals surface area contributed by atoms with Crippen LogP contribution in [0.15, 0.2) is 18.2 Å². The minimum atomic E-state index is -1.17. The van der Waals surface area contributed by atoms with Crippen LogP contribution in [0.4, 0.5) is 0 Å². The maximum absolute atomic E-state index is 13.0. The number of carbonyl (C=O) groups excluding carboxylic acids is 3. The number of carbonyl (C=O) groups is 3. The summed E-state index contributed by atoms with van der Waals surface area (Å²) >= 11 is 0. The smallest absolute Gasteiger partial charge is 0.368 e. The van der Waals surface area contributed by atoms with Crippen molar-refractivity contribution in [2.45, 2.75) is 32.4 Å². The Kier molecular flexibility index (Phi) is 5.34. The Hall–Kier alpha value is -2.61. The van der Waals surface area contributed by atoms with Gasteiger partial charge in [-0.3, -0.25) is 14.5 Å². The molecule has 28 heavy (non-hydrogen) atoms. The zero-order valence-electron chi connectivity index (χ0n) is 16.9. The number of amides is 2. The van der Waals surface area contributed by atoms with Gasteiger partial charge in [0.15, 0.2) is 11.5 Å². The van der Waals surface area contributed by atoms with Gasteiger partial charge in [0.25, 0.3) is 0 Å². The molecule has 8 nitrogen and oxygen atoms in total. The second-order valence-corrected chi connectivity index (χ2v) is 7.23. The summed E-state index contributed by atoms with van der Waals surface area (Å²) in [5.41, 5.74) is -0.380. The number of benzene rings is 1. The van der Waals surface area contributed by atoms with Gasteiger partial charge in [0.2, 0.25) is 17.4 Å². The molecule has 1 aromatic rings. The van der Waals surface area contributed by atoms with Crippen molar-refractivity contribution in [2.75, 3.05) is 27.4 Å². The molecule has 2 fully saturated rings. The molecule has 2 amide bonds. The number of esters is 1. The van der Waals surface area contributed by atoms with Gasteiger partial charge in [-0.25, -0.2) is 4.79 Å². The topological polar surface area (TPSA) is 98.8 Å². The van der Waals surface area contributed by atoms with E-state index in [0.717, 1.165) is 5.56 Å². The molecule has 0 bridgehead atoms. The molecule has 0 radical (unpaired) electrons. The summed E-state index contributed by atoms with van der Waals surface area (Å²) in [5, 5.41) is 1.80. The van der Waals surface area contributed by atoms with Gasteiger partial charge in [-0.05, 0) is 32.0 Å². The lowest BCUT2D eigenvalue weighted by Crippen LogP contribution is -2.97. The summed E-state index contributed by atoms with van der Waals surface area (Å²) in [7, 11) is 3.08. The molecule has 0 aromatic heterocycles. The maximum atomic E-state index is 13.0. The van der Waals surface area contributed by atoms with Gasteiger partial charge in [0.05, 0.1) is 20.8 Å². The summed E-state index contributed by atoms with van der Waals surface area (Å²) in [4.78, 5) is 40.0. The number of hydrogen-bond donors (Lipinski definition) is 1. The van der Waals surface area contributed by atoms with Crippen molar-refractivity contribution in [3.63, 3.8) is 0 Å². The SMILES string of the molecule is CCOC(=O)[C@]1(C)[NH2+][C@@H](c2ccc(OC)c(OC)c2)[C@H]2C(=O)N(CC)C(=O)[C@H]21. The first-order valence-electron chi connectivity index (χ1n) is 9.44. The van der Waals surface area contributed by atoms with E-state index in [4.69, 9.17) is 14.2 Å². The predicted molar refractivity (Wildman–Crippen MR) is 98.6 cm³/mol. The number of ether oxygens (including phenoxy) is 3. The molecule has 1 aromatic carbocycles. The van der Waals surface area contributed by atoms with Gasteiger partial charge in [0.1, 0.15) is 17.9 Å². The van der Waals surface area contributed by atoms with Crippen LogP contribution in [0.3, 0.4) is 0 Å². The van der Waals surface area contributed by atoms with Crippen molar-refractivity contribution in [3.8, 4) is 11.5 Å². The molecule has 8 heteroatoms. The van der Waals surface area contributed by atoms with Crippen molar-refractivity contribution in [1.82, 2.24) is 4.90 Å². The van der Waals surface area contributed by atoms with Gasteiger partial charge in [-0.15, -0.1) is 0 Å². The van der Waals surface area contributed by atoms with Crippen LogP contribution in [-0.2, 0) is 19.1 Å². The van der Waals surface area contributed by atoms with Crippen LogP contribution in [0.2, 0.25) is 0 Å². The number of quaternary nitrogens is 1. The molecule has 4 atom stereocenters. The number of nitrogens with zero attached hydrogens (tertiary/aromatic N) is 1. The van der Waals surface area contributed by atoms with E-state index in [1.165, 1.54) is 12.0 Å². The molecule has 0 saturated carbocycles. The van der Waals surface area contributed by atoms with E-state index in [-0.39, 0.29) is 25.0 Å². The number of nitrogens with two attached hydrogens (primary N) is 1. The third-order valence-electron chi connectivity index (χ3n) is 5.83. The Morgan fingerprint density at radius 3 is 2.39 bits per heavy atom. The lowest BCUT2D eigenvalue weighted by atomic mass is 9.80. The number of methoxy groups -OCH3 is 2. The fourth-order valence-corrected chi connectivity index (χ4v) is 4.48. The quantitative estimate of drug-likeness (QED) is 0.552. The predicted octanol–water partition coefficient (Wildman–Crippen LogP) is 0.265. The van der Waals surface area contributed by atoms with Crippen LogP contribution >= 0.6 is 0 Å². The Balaban J connectivity index is 2.09. The van der Waals surface area contributed by atoms with E-state index < -0.39 is 29.4 Å². The number of hydrogen-bond acceptors (Lipinski definition) is 6. The third-order valence-corrected chi connectivity index (χ3v) is 5.83. The van der Waals surface area contributed by atoms with E-state index in [2.05, 4.69) is 0 Å². The molecule has 2 heterocycles. The average molecular weight is 391 g/mol. The zero-order chi connectivity index (χ0) is 20.6. The molecule has 2 N–H and O–H groups in total. The van der Waals surface area contributed by atoms with Crippen molar-refractivity contribution in [3.05, 3.63) is 23.8 Å². The van der Waals surface area contributed by atoms with Gasteiger partial charge in [0, 0.05) is 19.0 Å². The number of imide groups is 1. The fourth-order valence-electron chi connectivity index (χ4n) is 4.48. The van der Waals surface area contributed by atoms with Crippen molar-refractivity contribution in [2.24, 2.45) is 11.8 Å². The third kappa shape index (κ3) is 2.83. The molecule has 152 valence electrons. The normalized spacial score (nSPS) is 29.0. The fraction of sp³-hybridized carbons (Fsp3) is 0.550. The molecule has 2 saturated heterocycles. The lowest BCUT2D eigenvalue weighted by Gasteiger charge is -2.26. The summed E-state index contributed by atoms with van der Waals surface area (Å²) in [6.45, 7) is 5.66. The second-order valence-electron chi connectivity index (χ2n) is 7.23. The van der Waals surface area contributed by atoms with E-state index in [0.29, 0.717) is 11.5 Å². The highest BCUT2D eigenvalue weighted by atomic mass is 16.5. The van der Waals surface area contributed by atoms with Crippen LogP contribution in [0.1, 0.15) is 32.4 Å². The molecule has 3 rings (SSSR count). The van der Waals surface area contributed by atoms with Crippen LogP contribution < -0.4 is 14.8 Å². The zero-order valence-corrected chi connectivity index (χ0v) is 16.9. The first-order chi connectivity index (χ1) is 13.3. The minimum absolute atomic E-state index is 0.209. The van der Waals surface area contributed by atoms with Crippen molar-refractivity contribution >= 4 is 17.8 Å². The summed E-state index contributed by atoms with van der Waals surface area (Å²) in [6, 6.07) is 4.98. The molecular weight excluding hydrogens is 364 g/mol. The minimum Gasteiger partial charge on any atom is -0.493 e. The summed E-state index contributed by atoms with van der Waals surface area (Å²) in [5.74, 6) is -1.35. The van der Waals surface area contributed by atoms with Gasteiger partial charge < -0.3 is 19.5 Å². The average Bonchev–Trinajstić information content (AvgIpc) is 3.15. The molecule has 2 aliphatic heterocycles. The van der Waals surface area contributed by atoms with Crippen LogP contribution in [0, 0.1) is 11.8 Å². The van der Waals surface area contributed by atoms with E-state index >= 15 is 0 Å².